The molecule has 0 spiro atoms. The Bertz CT molecular complexity index is 1220. The lowest BCUT2D eigenvalue weighted by molar-refractivity contribution is -0.127. The third kappa shape index (κ3) is 2.96. The molecule has 1 saturated heterocycles. The van der Waals surface area contributed by atoms with E-state index in [2.05, 4.69) is 12.2 Å². The van der Waals surface area contributed by atoms with Crippen molar-refractivity contribution < 1.29 is 9.59 Å². The lowest BCUT2D eigenvalue weighted by atomic mass is 9.58. The molecule has 2 amide bonds. The van der Waals surface area contributed by atoms with Crippen LogP contribution in [-0.2, 0) is 9.59 Å². The van der Waals surface area contributed by atoms with E-state index in [-0.39, 0.29) is 23.7 Å². The number of nitrogens with zero attached hydrogens (tertiary/aromatic N) is 1. The number of imide groups is 1. The standard InChI is InChI=1S/C28H24ClNO2/c1-18-23(29)14-9-15-24(18)30-26(31)25-21(19-10-5-3-6-11-19)16-17-22(28(25,2)27(30)32)20-12-7-4-8-13-20/h3-17,21-22,25H,1-2H3. The maximum atomic E-state index is 14.1. The molecule has 3 nitrogen and oxygen atoms in total. The summed E-state index contributed by atoms with van der Waals surface area (Å²) in [6, 6.07) is 25.3. The highest BCUT2D eigenvalue weighted by Gasteiger charge is 2.63. The van der Waals surface area contributed by atoms with Crippen LogP contribution >= 0.6 is 11.6 Å². The molecule has 160 valence electrons. The molecule has 1 fully saturated rings. The summed E-state index contributed by atoms with van der Waals surface area (Å²) < 4.78 is 0. The third-order valence-electron chi connectivity index (χ3n) is 7.14. The number of carbonyl (C=O) groups excluding carboxylic acids is 2. The minimum atomic E-state index is -0.914. The summed E-state index contributed by atoms with van der Waals surface area (Å²) in [6.07, 6.45) is 4.22. The van der Waals surface area contributed by atoms with Crippen molar-refractivity contribution >= 4 is 29.1 Å². The first-order chi connectivity index (χ1) is 15.4. The molecule has 32 heavy (non-hydrogen) atoms. The second-order valence-electron chi connectivity index (χ2n) is 8.83. The first-order valence-corrected chi connectivity index (χ1v) is 11.2. The van der Waals surface area contributed by atoms with E-state index in [1.165, 1.54) is 4.90 Å². The van der Waals surface area contributed by atoms with E-state index in [4.69, 9.17) is 11.6 Å². The van der Waals surface area contributed by atoms with E-state index in [0.29, 0.717) is 10.7 Å². The number of hydrogen-bond donors (Lipinski definition) is 0. The predicted octanol–water partition coefficient (Wildman–Crippen LogP) is 6.28. The van der Waals surface area contributed by atoms with Gasteiger partial charge in [-0.1, -0.05) is 90.5 Å². The first-order valence-electron chi connectivity index (χ1n) is 10.9. The van der Waals surface area contributed by atoms with Gasteiger partial charge in [0.2, 0.25) is 11.8 Å². The van der Waals surface area contributed by atoms with Crippen molar-refractivity contribution in [1.82, 2.24) is 0 Å². The molecule has 4 atom stereocenters. The van der Waals surface area contributed by atoms with Gasteiger partial charge < -0.3 is 0 Å². The van der Waals surface area contributed by atoms with E-state index >= 15 is 0 Å². The number of rotatable bonds is 3. The van der Waals surface area contributed by atoms with Gasteiger partial charge >= 0.3 is 0 Å². The predicted molar refractivity (Wildman–Crippen MR) is 128 cm³/mol. The summed E-state index contributed by atoms with van der Waals surface area (Å²) in [6.45, 7) is 3.80. The Morgan fingerprint density at radius 2 is 1.44 bits per heavy atom. The molecule has 3 aromatic rings. The van der Waals surface area contributed by atoms with Gasteiger partial charge in [0.05, 0.1) is 17.0 Å². The first kappa shape index (κ1) is 20.7. The Kier molecular flexibility index (Phi) is 5.02. The number of anilines is 1. The molecule has 4 heteroatoms. The maximum absolute atomic E-state index is 14.1. The molecule has 1 heterocycles. The van der Waals surface area contributed by atoms with Gasteiger partial charge in [-0.25, -0.2) is 4.90 Å². The largest absolute Gasteiger partial charge is 0.274 e. The van der Waals surface area contributed by atoms with Gasteiger partial charge in [-0.05, 0) is 42.7 Å². The minimum Gasteiger partial charge on any atom is -0.274 e. The summed E-state index contributed by atoms with van der Waals surface area (Å²) >= 11 is 6.36. The van der Waals surface area contributed by atoms with Crippen LogP contribution in [0.2, 0.25) is 5.02 Å². The van der Waals surface area contributed by atoms with Gasteiger partial charge in [-0.2, -0.15) is 0 Å². The third-order valence-corrected chi connectivity index (χ3v) is 7.55. The Balaban J connectivity index is 1.71. The molecule has 2 aliphatic rings. The molecule has 0 saturated carbocycles. The second-order valence-corrected chi connectivity index (χ2v) is 9.24. The molecular weight excluding hydrogens is 418 g/mol. The van der Waals surface area contributed by atoms with Gasteiger partial charge in [0.15, 0.2) is 0 Å². The van der Waals surface area contributed by atoms with E-state index in [9.17, 15) is 9.59 Å². The zero-order valence-corrected chi connectivity index (χ0v) is 18.8. The summed E-state index contributed by atoms with van der Waals surface area (Å²) in [5.41, 5.74) is 2.47. The van der Waals surface area contributed by atoms with Crippen molar-refractivity contribution in [2.24, 2.45) is 11.3 Å². The Hall–Kier alpha value is -3.17. The number of amides is 2. The average Bonchev–Trinajstić information content (AvgIpc) is 3.02. The minimum absolute atomic E-state index is 0.165. The highest BCUT2D eigenvalue weighted by molar-refractivity contribution is 6.32. The van der Waals surface area contributed by atoms with Crippen LogP contribution in [0.1, 0.15) is 35.4 Å². The molecule has 0 aromatic heterocycles. The quantitative estimate of drug-likeness (QED) is 0.354. The van der Waals surface area contributed by atoms with Crippen LogP contribution in [0.25, 0.3) is 0 Å². The smallest absolute Gasteiger partial charge is 0.241 e. The van der Waals surface area contributed by atoms with Crippen LogP contribution in [0, 0.1) is 18.3 Å². The number of carbonyl (C=O) groups is 2. The molecule has 4 unspecified atom stereocenters. The summed E-state index contributed by atoms with van der Waals surface area (Å²) in [7, 11) is 0. The van der Waals surface area contributed by atoms with E-state index in [1.807, 2.05) is 74.5 Å². The Morgan fingerprint density at radius 3 is 2.09 bits per heavy atom. The van der Waals surface area contributed by atoms with Crippen molar-refractivity contribution in [3.8, 4) is 0 Å². The zero-order valence-electron chi connectivity index (χ0n) is 18.0. The molecule has 1 aliphatic heterocycles. The Labute approximate surface area is 193 Å². The van der Waals surface area contributed by atoms with Gasteiger partial charge in [0.1, 0.15) is 0 Å². The van der Waals surface area contributed by atoms with Crippen molar-refractivity contribution in [2.75, 3.05) is 4.90 Å². The van der Waals surface area contributed by atoms with Crippen molar-refractivity contribution in [3.05, 3.63) is 113 Å². The molecule has 5 rings (SSSR count). The number of halogens is 1. The fourth-order valence-corrected chi connectivity index (χ4v) is 5.60. The summed E-state index contributed by atoms with van der Waals surface area (Å²) in [5.74, 6) is -1.22. The molecule has 0 N–H and O–H groups in total. The van der Waals surface area contributed by atoms with Crippen LogP contribution in [-0.4, -0.2) is 11.8 Å². The van der Waals surface area contributed by atoms with Crippen molar-refractivity contribution in [1.29, 1.82) is 0 Å². The van der Waals surface area contributed by atoms with E-state index < -0.39 is 11.3 Å². The highest BCUT2D eigenvalue weighted by atomic mass is 35.5. The van der Waals surface area contributed by atoms with Crippen LogP contribution < -0.4 is 4.90 Å². The topological polar surface area (TPSA) is 37.4 Å². The fraction of sp³-hybridized carbons (Fsp3) is 0.214. The monoisotopic (exact) mass is 441 g/mol. The van der Waals surface area contributed by atoms with E-state index in [0.717, 1.165) is 16.7 Å². The van der Waals surface area contributed by atoms with Crippen molar-refractivity contribution in [3.63, 3.8) is 0 Å². The number of fused-ring (bicyclic) bond motifs is 1. The normalized spacial score (nSPS) is 27.0. The average molecular weight is 442 g/mol. The number of hydrogen-bond acceptors (Lipinski definition) is 2. The van der Waals surface area contributed by atoms with Gasteiger partial charge in [0, 0.05) is 16.9 Å². The highest BCUT2D eigenvalue weighted by Crippen LogP contribution is 2.58. The fourth-order valence-electron chi connectivity index (χ4n) is 5.43. The van der Waals surface area contributed by atoms with Crippen LogP contribution in [0.3, 0.4) is 0 Å². The maximum Gasteiger partial charge on any atom is 0.241 e. The lowest BCUT2D eigenvalue weighted by Crippen LogP contribution is -2.42. The molecule has 0 bridgehead atoms. The zero-order chi connectivity index (χ0) is 22.5. The summed E-state index contributed by atoms with van der Waals surface area (Å²) in [4.78, 5) is 29.5. The van der Waals surface area contributed by atoms with Crippen LogP contribution in [0.5, 0.6) is 0 Å². The van der Waals surface area contributed by atoms with Gasteiger partial charge in [-0.3, -0.25) is 9.59 Å². The summed E-state index contributed by atoms with van der Waals surface area (Å²) in [5, 5.41) is 0.542. The van der Waals surface area contributed by atoms with E-state index in [1.54, 1.807) is 18.2 Å². The SMILES string of the molecule is Cc1c(Cl)cccc1N1C(=O)C2C(c3ccccc3)C=CC(c3ccccc3)C2(C)C1=O. The Morgan fingerprint density at radius 1 is 0.812 bits per heavy atom. The number of benzene rings is 3. The molecule has 0 radical (unpaired) electrons. The second kappa shape index (κ2) is 7.75. The molecule has 1 aliphatic carbocycles. The van der Waals surface area contributed by atoms with Crippen LogP contribution in [0.4, 0.5) is 5.69 Å². The molecular formula is C28H24ClNO2. The van der Waals surface area contributed by atoms with Crippen molar-refractivity contribution in [2.45, 2.75) is 25.7 Å². The lowest BCUT2D eigenvalue weighted by Gasteiger charge is -2.41. The van der Waals surface area contributed by atoms with Crippen LogP contribution in [0.15, 0.2) is 91.0 Å². The van der Waals surface area contributed by atoms with Gasteiger partial charge in [0.25, 0.3) is 0 Å². The number of allylic oxidation sites excluding steroid dienone is 2. The van der Waals surface area contributed by atoms with Gasteiger partial charge in [-0.15, -0.1) is 0 Å². The molecule has 3 aromatic carbocycles.